The van der Waals surface area contributed by atoms with E-state index >= 15 is 0 Å². The van der Waals surface area contributed by atoms with Crippen LogP contribution < -0.4 is 9.54 Å². The summed E-state index contributed by atoms with van der Waals surface area (Å²) in [6, 6.07) is 14.5. The smallest absolute Gasteiger partial charge is 0.307 e. The second kappa shape index (κ2) is 7.97. The summed E-state index contributed by atoms with van der Waals surface area (Å²) in [6.07, 6.45) is 0.187. The molecule has 26 heavy (non-hydrogen) atoms. The molecule has 0 unspecified atom stereocenters. The molecule has 6 nitrogen and oxygen atoms in total. The summed E-state index contributed by atoms with van der Waals surface area (Å²) in [6.45, 7) is 0.362. The minimum absolute atomic E-state index is 0.187. The normalized spacial score (nSPS) is 11.5. The predicted octanol–water partition coefficient (Wildman–Crippen LogP) is 3.02. The molecule has 1 aromatic heterocycles. The number of methoxy groups -OCH3 is 2. The van der Waals surface area contributed by atoms with Crippen molar-refractivity contribution in [2.24, 2.45) is 4.99 Å². The summed E-state index contributed by atoms with van der Waals surface area (Å²) in [5.74, 6) is 0.0547. The van der Waals surface area contributed by atoms with E-state index in [1.165, 1.54) is 18.4 Å². The third kappa shape index (κ3) is 3.83. The van der Waals surface area contributed by atoms with Crippen LogP contribution in [0.25, 0.3) is 10.2 Å². The SMILES string of the molecule is COC(=O)CCn1c(=NC(=O)c2ccccc2)sc2ccc(OC)cc21. The van der Waals surface area contributed by atoms with E-state index in [2.05, 4.69) is 4.99 Å². The van der Waals surface area contributed by atoms with Crippen molar-refractivity contribution in [3.63, 3.8) is 0 Å². The molecule has 0 saturated heterocycles. The second-order valence-corrected chi connectivity index (χ2v) is 6.49. The number of rotatable bonds is 5. The Morgan fingerprint density at radius 1 is 1.12 bits per heavy atom. The number of aromatic nitrogens is 1. The van der Waals surface area contributed by atoms with Gasteiger partial charge in [-0.15, -0.1) is 0 Å². The van der Waals surface area contributed by atoms with Crippen LogP contribution in [0.15, 0.2) is 53.5 Å². The Hall–Kier alpha value is -2.93. The monoisotopic (exact) mass is 370 g/mol. The van der Waals surface area contributed by atoms with E-state index in [0.29, 0.717) is 22.7 Å². The highest BCUT2D eigenvalue weighted by Crippen LogP contribution is 2.23. The molecule has 0 N–H and O–H groups in total. The number of carbonyl (C=O) groups is 2. The summed E-state index contributed by atoms with van der Waals surface area (Å²) in [5, 5.41) is 0. The third-order valence-corrected chi connectivity index (χ3v) is 4.93. The predicted molar refractivity (Wildman–Crippen MR) is 99.3 cm³/mol. The first-order valence-electron chi connectivity index (χ1n) is 8.00. The molecule has 3 rings (SSSR count). The van der Waals surface area contributed by atoms with Crippen LogP contribution >= 0.6 is 11.3 Å². The summed E-state index contributed by atoms with van der Waals surface area (Å²) in [4.78, 5) is 28.8. The Balaban J connectivity index is 2.09. The fourth-order valence-corrected chi connectivity index (χ4v) is 3.55. The Labute approximate surface area is 154 Å². The molecular formula is C19H18N2O4S. The van der Waals surface area contributed by atoms with Gasteiger partial charge in [0.25, 0.3) is 5.91 Å². The highest BCUT2D eigenvalue weighted by atomic mass is 32.1. The van der Waals surface area contributed by atoms with Crippen LogP contribution in [0.3, 0.4) is 0 Å². The number of aryl methyl sites for hydroxylation is 1. The van der Waals surface area contributed by atoms with Crippen LogP contribution in [-0.2, 0) is 16.1 Å². The Bertz CT molecular complexity index is 1010. The molecule has 0 fully saturated rings. The van der Waals surface area contributed by atoms with Gasteiger partial charge in [-0.05, 0) is 24.3 Å². The number of esters is 1. The van der Waals surface area contributed by atoms with Gasteiger partial charge >= 0.3 is 5.97 Å². The lowest BCUT2D eigenvalue weighted by atomic mass is 10.2. The average molecular weight is 370 g/mol. The number of fused-ring (bicyclic) bond motifs is 1. The van der Waals surface area contributed by atoms with Crippen molar-refractivity contribution in [2.75, 3.05) is 14.2 Å². The number of carbonyl (C=O) groups excluding carboxylic acids is 2. The highest BCUT2D eigenvalue weighted by molar-refractivity contribution is 7.16. The first-order valence-corrected chi connectivity index (χ1v) is 8.82. The van der Waals surface area contributed by atoms with E-state index in [4.69, 9.17) is 9.47 Å². The molecule has 0 aliphatic heterocycles. The molecule has 0 aliphatic carbocycles. The minimum Gasteiger partial charge on any atom is -0.497 e. The van der Waals surface area contributed by atoms with E-state index in [0.717, 1.165) is 10.2 Å². The van der Waals surface area contributed by atoms with Gasteiger partial charge in [-0.3, -0.25) is 9.59 Å². The van der Waals surface area contributed by atoms with Crippen LogP contribution in [0.4, 0.5) is 0 Å². The van der Waals surface area contributed by atoms with Crippen LogP contribution in [0, 0.1) is 0 Å². The van der Waals surface area contributed by atoms with Crippen molar-refractivity contribution in [3.05, 3.63) is 58.9 Å². The molecule has 0 atom stereocenters. The fourth-order valence-electron chi connectivity index (χ4n) is 2.51. The van der Waals surface area contributed by atoms with E-state index in [1.807, 2.05) is 28.8 Å². The van der Waals surface area contributed by atoms with E-state index in [1.54, 1.807) is 31.4 Å². The standard InChI is InChI=1S/C19H18N2O4S/c1-24-14-8-9-16-15(12-14)21(11-10-17(22)25-2)19(26-16)20-18(23)13-6-4-3-5-7-13/h3-9,12H,10-11H2,1-2H3. The van der Waals surface area contributed by atoms with Crippen molar-refractivity contribution in [1.29, 1.82) is 0 Å². The maximum absolute atomic E-state index is 12.5. The zero-order chi connectivity index (χ0) is 18.5. The lowest BCUT2D eigenvalue weighted by Gasteiger charge is -2.05. The van der Waals surface area contributed by atoms with Crippen molar-refractivity contribution < 1.29 is 19.1 Å². The van der Waals surface area contributed by atoms with Crippen molar-refractivity contribution >= 4 is 33.4 Å². The molecular weight excluding hydrogens is 352 g/mol. The Kier molecular flexibility index (Phi) is 5.48. The Morgan fingerprint density at radius 3 is 2.58 bits per heavy atom. The van der Waals surface area contributed by atoms with Crippen molar-refractivity contribution in [1.82, 2.24) is 4.57 Å². The van der Waals surface area contributed by atoms with Gasteiger partial charge in [0.1, 0.15) is 5.75 Å². The van der Waals surface area contributed by atoms with Gasteiger partial charge in [-0.1, -0.05) is 29.5 Å². The maximum Gasteiger partial charge on any atom is 0.307 e. The fraction of sp³-hybridized carbons (Fsp3) is 0.211. The van der Waals surface area contributed by atoms with Gasteiger partial charge in [-0.2, -0.15) is 4.99 Å². The first-order chi connectivity index (χ1) is 12.6. The summed E-state index contributed by atoms with van der Waals surface area (Å²) >= 11 is 1.39. The lowest BCUT2D eigenvalue weighted by molar-refractivity contribution is -0.140. The van der Waals surface area contributed by atoms with E-state index in [9.17, 15) is 9.59 Å². The quantitative estimate of drug-likeness (QED) is 0.648. The molecule has 1 heterocycles. The molecule has 1 amide bonds. The molecule has 0 radical (unpaired) electrons. The van der Waals surface area contributed by atoms with Gasteiger partial charge < -0.3 is 14.0 Å². The third-order valence-electron chi connectivity index (χ3n) is 3.87. The largest absolute Gasteiger partial charge is 0.497 e. The number of hydrogen-bond acceptors (Lipinski definition) is 5. The zero-order valence-corrected chi connectivity index (χ0v) is 15.3. The summed E-state index contributed by atoms with van der Waals surface area (Å²) in [5.41, 5.74) is 1.37. The van der Waals surface area contributed by atoms with Gasteiger partial charge in [0.15, 0.2) is 4.80 Å². The van der Waals surface area contributed by atoms with Crippen LogP contribution in [0.1, 0.15) is 16.8 Å². The molecule has 7 heteroatoms. The first kappa shape index (κ1) is 17.9. The number of amides is 1. The van der Waals surface area contributed by atoms with Crippen LogP contribution in [0.5, 0.6) is 5.75 Å². The number of hydrogen-bond donors (Lipinski definition) is 0. The van der Waals surface area contributed by atoms with Crippen LogP contribution in [-0.4, -0.2) is 30.7 Å². The van der Waals surface area contributed by atoms with Crippen molar-refractivity contribution in [2.45, 2.75) is 13.0 Å². The Morgan fingerprint density at radius 2 is 1.88 bits per heavy atom. The van der Waals surface area contributed by atoms with Gasteiger partial charge in [0.05, 0.1) is 30.9 Å². The van der Waals surface area contributed by atoms with Crippen LogP contribution in [0.2, 0.25) is 0 Å². The van der Waals surface area contributed by atoms with Crippen molar-refractivity contribution in [3.8, 4) is 5.75 Å². The topological polar surface area (TPSA) is 69.9 Å². The molecule has 0 spiro atoms. The minimum atomic E-state index is -0.323. The molecule has 0 aliphatic rings. The average Bonchev–Trinajstić information content (AvgIpc) is 3.02. The number of nitrogens with zero attached hydrogens (tertiary/aromatic N) is 2. The summed E-state index contributed by atoms with van der Waals surface area (Å²) < 4.78 is 12.8. The maximum atomic E-state index is 12.5. The molecule has 2 aromatic carbocycles. The lowest BCUT2D eigenvalue weighted by Crippen LogP contribution is -2.19. The second-order valence-electron chi connectivity index (χ2n) is 5.48. The molecule has 3 aromatic rings. The number of thiazole rings is 1. The van der Waals surface area contributed by atoms with Gasteiger partial charge in [0.2, 0.25) is 0 Å². The molecule has 134 valence electrons. The van der Waals surface area contributed by atoms with Gasteiger partial charge in [-0.25, -0.2) is 0 Å². The molecule has 0 saturated carbocycles. The number of ether oxygens (including phenoxy) is 2. The number of benzene rings is 2. The van der Waals surface area contributed by atoms with Gasteiger partial charge in [0, 0.05) is 18.2 Å². The zero-order valence-electron chi connectivity index (χ0n) is 14.5. The van der Waals surface area contributed by atoms with E-state index < -0.39 is 0 Å². The molecule has 0 bridgehead atoms. The van der Waals surface area contributed by atoms with E-state index in [-0.39, 0.29) is 18.3 Å². The highest BCUT2D eigenvalue weighted by Gasteiger charge is 2.12. The summed E-state index contributed by atoms with van der Waals surface area (Å²) in [7, 11) is 2.95.